The summed E-state index contributed by atoms with van der Waals surface area (Å²) in [4.78, 5) is 32.5. The third-order valence-corrected chi connectivity index (χ3v) is 5.41. The molecular weight excluding hydrogens is 362 g/mol. The van der Waals surface area contributed by atoms with E-state index in [0.717, 1.165) is 16.6 Å². The van der Waals surface area contributed by atoms with Crippen LogP contribution in [0.2, 0.25) is 0 Å². The van der Waals surface area contributed by atoms with Crippen molar-refractivity contribution in [3.05, 3.63) is 42.9 Å². The number of hydrogen-bond donors (Lipinski definition) is 3. The SMILES string of the molecule is CC[C@@H](Sc1nc(N)nc2nc[nH]c12)C(=O)Nc1ccc2ncccc2c1. The van der Waals surface area contributed by atoms with Crippen LogP contribution in [0.3, 0.4) is 0 Å². The molecule has 3 heterocycles. The Kier molecular flexibility index (Phi) is 4.59. The van der Waals surface area contributed by atoms with Gasteiger partial charge in [-0.2, -0.15) is 4.98 Å². The number of fused-ring (bicyclic) bond motifs is 2. The minimum atomic E-state index is -0.338. The van der Waals surface area contributed by atoms with Crippen LogP contribution in [0, 0.1) is 0 Å². The maximum atomic E-state index is 12.8. The highest BCUT2D eigenvalue weighted by atomic mass is 32.2. The molecule has 4 rings (SSSR count). The van der Waals surface area contributed by atoms with E-state index >= 15 is 0 Å². The van der Waals surface area contributed by atoms with Crippen molar-refractivity contribution < 1.29 is 4.79 Å². The maximum Gasteiger partial charge on any atom is 0.237 e. The van der Waals surface area contributed by atoms with Gasteiger partial charge in [-0.3, -0.25) is 9.78 Å². The molecule has 0 saturated carbocycles. The quantitative estimate of drug-likeness (QED) is 0.360. The Morgan fingerprint density at radius 1 is 1.30 bits per heavy atom. The number of benzene rings is 1. The minimum absolute atomic E-state index is 0.101. The average molecular weight is 379 g/mol. The van der Waals surface area contributed by atoms with Crippen LogP contribution in [0.5, 0.6) is 0 Å². The molecule has 9 heteroatoms. The number of H-pyrrole nitrogens is 1. The molecule has 1 atom stereocenters. The van der Waals surface area contributed by atoms with Crippen LogP contribution < -0.4 is 11.1 Å². The largest absolute Gasteiger partial charge is 0.368 e. The van der Waals surface area contributed by atoms with Crippen molar-refractivity contribution in [1.82, 2.24) is 24.9 Å². The molecule has 4 aromatic rings. The topological polar surface area (TPSA) is 122 Å². The summed E-state index contributed by atoms with van der Waals surface area (Å²) in [5.74, 6) is 0.0324. The Labute approximate surface area is 159 Å². The molecule has 27 heavy (non-hydrogen) atoms. The number of nitrogens with two attached hydrogens (primary N) is 1. The molecule has 0 radical (unpaired) electrons. The molecule has 0 aliphatic carbocycles. The van der Waals surface area contributed by atoms with E-state index in [9.17, 15) is 4.79 Å². The summed E-state index contributed by atoms with van der Waals surface area (Å²) in [5, 5.41) is 4.22. The van der Waals surface area contributed by atoms with Gasteiger partial charge in [-0.25, -0.2) is 9.97 Å². The molecule has 4 N–H and O–H groups in total. The van der Waals surface area contributed by atoms with E-state index in [-0.39, 0.29) is 17.1 Å². The Morgan fingerprint density at radius 2 is 2.19 bits per heavy atom. The van der Waals surface area contributed by atoms with Gasteiger partial charge in [0, 0.05) is 17.3 Å². The number of nitrogens with one attached hydrogen (secondary N) is 2. The number of carbonyl (C=O) groups excluding carboxylic acids is 1. The Balaban J connectivity index is 1.56. The smallest absolute Gasteiger partial charge is 0.237 e. The number of anilines is 2. The molecule has 0 spiro atoms. The van der Waals surface area contributed by atoms with Crippen molar-refractivity contribution in [2.75, 3.05) is 11.1 Å². The van der Waals surface area contributed by atoms with Gasteiger partial charge in [0.2, 0.25) is 11.9 Å². The number of aromatic amines is 1. The van der Waals surface area contributed by atoms with Crippen LogP contribution in [0.25, 0.3) is 22.1 Å². The lowest BCUT2D eigenvalue weighted by molar-refractivity contribution is -0.115. The highest BCUT2D eigenvalue weighted by molar-refractivity contribution is 8.00. The lowest BCUT2D eigenvalue weighted by Gasteiger charge is -2.15. The van der Waals surface area contributed by atoms with Gasteiger partial charge < -0.3 is 16.0 Å². The first kappa shape index (κ1) is 17.2. The molecule has 3 aromatic heterocycles. The standard InChI is InChI=1S/C18H17N7OS/c1-2-13(27-17-14-15(22-9-21-14)24-18(19)25-17)16(26)23-11-5-6-12-10(8-11)4-3-7-20-12/h3-9,13H,2H2,1H3,(H,23,26)(H3,19,21,22,24,25)/t13-/m1/s1. The second-order valence-corrected chi connectivity index (χ2v) is 7.09. The van der Waals surface area contributed by atoms with Gasteiger partial charge in [-0.15, -0.1) is 0 Å². The van der Waals surface area contributed by atoms with Crippen molar-refractivity contribution >= 4 is 51.4 Å². The predicted molar refractivity (Wildman–Crippen MR) is 106 cm³/mol. The van der Waals surface area contributed by atoms with Gasteiger partial charge in [0.15, 0.2) is 5.65 Å². The summed E-state index contributed by atoms with van der Waals surface area (Å²) in [6.45, 7) is 1.95. The zero-order valence-corrected chi connectivity index (χ0v) is 15.3. The van der Waals surface area contributed by atoms with Gasteiger partial charge in [0.05, 0.1) is 17.1 Å². The van der Waals surface area contributed by atoms with Crippen molar-refractivity contribution in [3.63, 3.8) is 0 Å². The van der Waals surface area contributed by atoms with E-state index in [1.54, 1.807) is 6.20 Å². The molecule has 136 valence electrons. The van der Waals surface area contributed by atoms with Crippen molar-refractivity contribution in [2.24, 2.45) is 0 Å². The first-order valence-electron chi connectivity index (χ1n) is 8.43. The maximum absolute atomic E-state index is 12.8. The summed E-state index contributed by atoms with van der Waals surface area (Å²) in [5.41, 5.74) is 8.54. The molecular formula is C18H17N7OS. The number of carbonyl (C=O) groups is 1. The van der Waals surface area contributed by atoms with Gasteiger partial charge in [0.1, 0.15) is 10.5 Å². The molecule has 0 aliphatic rings. The van der Waals surface area contributed by atoms with Crippen molar-refractivity contribution in [2.45, 2.75) is 23.6 Å². The van der Waals surface area contributed by atoms with Crippen LogP contribution >= 0.6 is 11.8 Å². The number of hydrogen-bond acceptors (Lipinski definition) is 7. The van der Waals surface area contributed by atoms with Crippen molar-refractivity contribution in [3.8, 4) is 0 Å². The van der Waals surface area contributed by atoms with E-state index in [4.69, 9.17) is 5.73 Å². The monoisotopic (exact) mass is 379 g/mol. The fraction of sp³-hybridized carbons (Fsp3) is 0.167. The average Bonchev–Trinajstić information content (AvgIpc) is 3.14. The van der Waals surface area contributed by atoms with Gasteiger partial charge >= 0.3 is 0 Å². The summed E-state index contributed by atoms with van der Waals surface area (Å²) in [6.07, 6.45) is 3.91. The molecule has 1 aromatic carbocycles. The van der Waals surface area contributed by atoms with Crippen LogP contribution in [0.1, 0.15) is 13.3 Å². The number of thioether (sulfide) groups is 1. The third kappa shape index (κ3) is 3.54. The third-order valence-electron chi connectivity index (χ3n) is 4.06. The van der Waals surface area contributed by atoms with Crippen molar-refractivity contribution in [1.29, 1.82) is 0 Å². The lowest BCUT2D eigenvalue weighted by Crippen LogP contribution is -2.24. The second kappa shape index (κ2) is 7.20. The highest BCUT2D eigenvalue weighted by Crippen LogP contribution is 2.30. The van der Waals surface area contributed by atoms with Crippen LogP contribution in [-0.2, 0) is 4.79 Å². The fourth-order valence-electron chi connectivity index (χ4n) is 2.74. The first-order valence-corrected chi connectivity index (χ1v) is 9.31. The minimum Gasteiger partial charge on any atom is -0.368 e. The number of pyridine rings is 1. The summed E-state index contributed by atoms with van der Waals surface area (Å²) < 4.78 is 0. The van der Waals surface area contributed by atoms with Gasteiger partial charge in [-0.05, 0) is 30.7 Å². The lowest BCUT2D eigenvalue weighted by atomic mass is 10.2. The summed E-state index contributed by atoms with van der Waals surface area (Å²) in [6, 6.07) is 9.47. The number of amides is 1. The second-order valence-electron chi connectivity index (χ2n) is 5.90. The predicted octanol–water partition coefficient (Wildman–Crippen LogP) is 2.99. The Morgan fingerprint density at radius 3 is 3.04 bits per heavy atom. The van der Waals surface area contributed by atoms with E-state index in [2.05, 4.69) is 30.2 Å². The number of rotatable bonds is 5. The number of nitrogen functional groups attached to an aromatic ring is 1. The number of imidazole rings is 1. The first-order chi connectivity index (χ1) is 13.1. The van der Waals surface area contributed by atoms with E-state index in [1.165, 1.54) is 18.1 Å². The highest BCUT2D eigenvalue weighted by Gasteiger charge is 2.21. The van der Waals surface area contributed by atoms with E-state index < -0.39 is 0 Å². The van der Waals surface area contributed by atoms with E-state index in [1.807, 2.05) is 37.3 Å². The Bertz CT molecular complexity index is 1130. The van der Waals surface area contributed by atoms with Crippen LogP contribution in [0.4, 0.5) is 11.6 Å². The summed E-state index contributed by atoms with van der Waals surface area (Å²) >= 11 is 1.34. The number of nitrogens with zero attached hydrogens (tertiary/aromatic N) is 4. The normalized spacial score (nSPS) is 12.3. The molecule has 0 bridgehead atoms. The zero-order valence-electron chi connectivity index (χ0n) is 14.5. The summed E-state index contributed by atoms with van der Waals surface area (Å²) in [7, 11) is 0. The molecule has 1 amide bonds. The molecule has 0 aliphatic heterocycles. The molecule has 0 unspecified atom stereocenters. The van der Waals surface area contributed by atoms with Gasteiger partial charge in [-0.1, -0.05) is 24.8 Å². The Hall–Kier alpha value is -3.20. The molecule has 0 fully saturated rings. The number of aromatic nitrogens is 5. The molecule has 8 nitrogen and oxygen atoms in total. The molecule has 0 saturated heterocycles. The van der Waals surface area contributed by atoms with Crippen LogP contribution in [-0.4, -0.2) is 36.1 Å². The zero-order chi connectivity index (χ0) is 18.8. The van der Waals surface area contributed by atoms with Gasteiger partial charge in [0.25, 0.3) is 0 Å². The fourth-order valence-corrected chi connectivity index (χ4v) is 3.76. The van der Waals surface area contributed by atoms with Crippen LogP contribution in [0.15, 0.2) is 47.9 Å². The van der Waals surface area contributed by atoms with E-state index in [0.29, 0.717) is 22.6 Å².